The molecule has 2 N–H and O–H groups in total. The molecule has 20 heteroatoms. The molecule has 2 aromatic carbocycles. The normalized spacial score (nSPS) is 12.1. The zero-order valence-corrected chi connectivity index (χ0v) is 27.5. The van der Waals surface area contributed by atoms with Crippen molar-refractivity contribution in [2.45, 2.75) is 51.0 Å². The minimum absolute atomic E-state index is 0.0821. The van der Waals surface area contributed by atoms with Gasteiger partial charge in [-0.1, -0.05) is 29.8 Å². The van der Waals surface area contributed by atoms with Crippen LogP contribution in [-0.4, -0.2) is 79.3 Å². The summed E-state index contributed by atoms with van der Waals surface area (Å²) in [4.78, 5) is 52.1. The first-order valence-corrected chi connectivity index (χ1v) is 16.0. The summed E-state index contributed by atoms with van der Waals surface area (Å²) in [6.07, 6.45) is -7.94. The number of carbonyl (C=O) groups excluding carboxylic acids is 3. The zero-order chi connectivity index (χ0) is 36.4. The van der Waals surface area contributed by atoms with Gasteiger partial charge < -0.3 is 14.2 Å². The average molecular weight is 716 g/mol. The maximum atomic E-state index is 13.5. The summed E-state index contributed by atoms with van der Waals surface area (Å²) in [5.74, 6) is -1.88. The lowest BCUT2D eigenvalue weighted by Crippen LogP contribution is -2.43. The molecule has 1 unspecified atom stereocenters. The van der Waals surface area contributed by atoms with Gasteiger partial charge in [0.05, 0.1) is 41.3 Å². The average Bonchev–Trinajstić information content (AvgIpc) is 3.49. The maximum Gasteiger partial charge on any atom is 0.510 e. The first-order valence-electron chi connectivity index (χ1n) is 14.5. The van der Waals surface area contributed by atoms with Crippen molar-refractivity contribution in [1.82, 2.24) is 25.1 Å². The molecule has 1 amide bonds. The van der Waals surface area contributed by atoms with Crippen LogP contribution in [0.2, 0.25) is 0 Å². The van der Waals surface area contributed by atoms with E-state index in [1.807, 2.05) is 17.2 Å². The zero-order valence-electron chi connectivity index (χ0n) is 26.7. The summed E-state index contributed by atoms with van der Waals surface area (Å²) in [6.45, 7) is 4.38. The molecule has 1 atom stereocenters. The molecule has 0 fully saturated rings. The fourth-order valence-corrected chi connectivity index (χ4v) is 4.86. The predicted octanol–water partition coefficient (Wildman–Crippen LogP) is 3.58. The van der Waals surface area contributed by atoms with Crippen LogP contribution in [0.3, 0.4) is 0 Å². The van der Waals surface area contributed by atoms with Crippen LogP contribution in [0.15, 0.2) is 59.5 Å². The van der Waals surface area contributed by atoms with Gasteiger partial charge in [0.2, 0.25) is 12.2 Å². The molecule has 3 aromatic rings. The number of likely N-dealkylation sites (N-methyl/N-ethyl adjacent to an activating group) is 1. The van der Waals surface area contributed by atoms with Gasteiger partial charge in [-0.05, 0) is 44.2 Å². The number of nitrogens with zero attached hydrogens (tertiary/aromatic N) is 4. The fraction of sp³-hybridized carbons (Fsp3) is 0.379. The number of benzene rings is 2. The van der Waals surface area contributed by atoms with E-state index >= 15 is 0 Å². The van der Waals surface area contributed by atoms with E-state index in [4.69, 9.17) is 9.57 Å². The van der Waals surface area contributed by atoms with Gasteiger partial charge in [0, 0.05) is 24.5 Å². The quantitative estimate of drug-likeness (QED) is 0.0949. The number of hydrogen-bond acceptors (Lipinski definition) is 11. The van der Waals surface area contributed by atoms with E-state index in [2.05, 4.69) is 14.6 Å². The number of esters is 1. The van der Waals surface area contributed by atoms with E-state index in [1.165, 1.54) is 26.1 Å². The number of ether oxygens (including phenoxy) is 3. The Morgan fingerprint density at radius 3 is 2.31 bits per heavy atom. The highest BCUT2D eigenvalue weighted by Gasteiger charge is 2.35. The summed E-state index contributed by atoms with van der Waals surface area (Å²) >= 11 is 0. The molecule has 266 valence electrons. The van der Waals surface area contributed by atoms with Crippen molar-refractivity contribution in [3.63, 3.8) is 0 Å². The number of sulfonamides is 1. The molecular formula is C29H34F3N6O10S+. The summed E-state index contributed by atoms with van der Waals surface area (Å²) in [5, 5.41) is 4.68. The third-order valence-corrected chi connectivity index (χ3v) is 7.74. The Morgan fingerprint density at radius 2 is 1.69 bits per heavy atom. The van der Waals surface area contributed by atoms with Gasteiger partial charge in [-0.25, -0.2) is 22.6 Å². The standard InChI is InChI=1S/C29H33F3N6O10S/c1-5-45-28(41)47-20(3)48-35-38(42)36(4)16-17-46-27(40)15-14-26(39)34-49(43,44)23-12-10-22(11-13-23)37-24(18-25(33-37)29(30,31)32)21-8-6-19(2)7-9-21/h6-13,18,20H,5,14-17H2,1-4H3,(H-,34,35,39,42)/p+1. The number of nitroso groups, excluding NO2 is 1. The summed E-state index contributed by atoms with van der Waals surface area (Å²) in [5.41, 5.74) is 2.41. The second kappa shape index (κ2) is 16.7. The molecule has 0 aliphatic heterocycles. The Balaban J connectivity index is 1.50. The molecule has 0 bridgehead atoms. The summed E-state index contributed by atoms with van der Waals surface area (Å²) in [6, 6.07) is 12.3. The monoisotopic (exact) mass is 715 g/mol. The fourth-order valence-electron chi connectivity index (χ4n) is 3.84. The molecule has 16 nitrogen and oxygen atoms in total. The van der Waals surface area contributed by atoms with Crippen molar-refractivity contribution in [1.29, 1.82) is 0 Å². The van der Waals surface area contributed by atoms with Crippen molar-refractivity contribution in [3.8, 4) is 16.9 Å². The minimum atomic E-state index is -4.73. The van der Waals surface area contributed by atoms with Crippen LogP contribution in [0, 0.1) is 11.8 Å². The summed E-state index contributed by atoms with van der Waals surface area (Å²) in [7, 11) is -3.10. The number of aromatic nitrogens is 2. The van der Waals surface area contributed by atoms with Crippen molar-refractivity contribution < 1.29 is 60.0 Å². The first kappa shape index (κ1) is 38.2. The van der Waals surface area contributed by atoms with Gasteiger partial charge in [0.15, 0.2) is 5.69 Å². The van der Waals surface area contributed by atoms with E-state index in [-0.39, 0.29) is 41.0 Å². The topological polar surface area (TPSA) is 187 Å². The third kappa shape index (κ3) is 11.5. The Hall–Kier alpha value is -5.24. The molecule has 1 aromatic heterocycles. The number of nitrogens with one attached hydrogen (secondary N) is 2. The highest BCUT2D eigenvalue weighted by molar-refractivity contribution is 7.90. The SMILES string of the molecule is CCOC(=O)OC(C)ON[N+](=O)N(C)CCOC(=O)CCC(=O)NS(=O)(=O)c1ccc(-n2nc(C(F)(F)F)cc2-c2ccc(C)cc2)cc1. The third-order valence-electron chi connectivity index (χ3n) is 6.35. The number of carbonyl (C=O) groups is 3. The number of rotatable bonds is 16. The van der Waals surface area contributed by atoms with E-state index in [0.717, 1.165) is 33.5 Å². The second-order valence-electron chi connectivity index (χ2n) is 10.2. The van der Waals surface area contributed by atoms with Crippen LogP contribution >= 0.6 is 0 Å². The molecule has 0 spiro atoms. The Kier molecular flexibility index (Phi) is 13.0. The van der Waals surface area contributed by atoms with Crippen molar-refractivity contribution in [2.75, 3.05) is 26.8 Å². The first-order chi connectivity index (χ1) is 23.0. The van der Waals surface area contributed by atoms with Crippen LogP contribution in [0.4, 0.5) is 18.0 Å². The van der Waals surface area contributed by atoms with Crippen molar-refractivity contribution >= 4 is 28.1 Å². The van der Waals surface area contributed by atoms with Crippen molar-refractivity contribution in [3.05, 3.63) is 70.8 Å². The lowest BCUT2D eigenvalue weighted by molar-refractivity contribution is -0.788. The largest absolute Gasteiger partial charge is 0.510 e. The van der Waals surface area contributed by atoms with Crippen LogP contribution < -0.4 is 10.3 Å². The number of amides is 1. The summed E-state index contributed by atoms with van der Waals surface area (Å²) < 4.78 is 83.1. The maximum absolute atomic E-state index is 13.5. The highest BCUT2D eigenvalue weighted by atomic mass is 32.2. The van der Waals surface area contributed by atoms with E-state index in [9.17, 15) is 40.9 Å². The molecule has 0 aliphatic rings. The Labute approximate surface area is 278 Å². The van der Waals surface area contributed by atoms with Gasteiger partial charge in [-0.3, -0.25) is 9.59 Å². The van der Waals surface area contributed by atoms with Gasteiger partial charge in [0.25, 0.3) is 15.0 Å². The van der Waals surface area contributed by atoms with E-state index in [0.29, 0.717) is 5.56 Å². The smallest absolute Gasteiger partial charge is 0.464 e. The van der Waals surface area contributed by atoms with Gasteiger partial charge >= 0.3 is 18.3 Å². The van der Waals surface area contributed by atoms with E-state index in [1.54, 1.807) is 31.2 Å². The molecule has 3 rings (SSSR count). The molecular weight excluding hydrogens is 681 g/mol. The molecule has 1 heterocycles. The number of alkyl halides is 3. The molecule has 0 radical (unpaired) electrons. The van der Waals surface area contributed by atoms with Crippen LogP contribution in [0.1, 0.15) is 37.9 Å². The lowest BCUT2D eigenvalue weighted by Gasteiger charge is -2.12. The predicted molar refractivity (Wildman–Crippen MR) is 162 cm³/mol. The van der Waals surface area contributed by atoms with Crippen molar-refractivity contribution in [2.24, 2.45) is 0 Å². The number of hydrogen-bond donors (Lipinski definition) is 2. The van der Waals surface area contributed by atoms with Crippen LogP contribution in [0.25, 0.3) is 16.9 Å². The van der Waals surface area contributed by atoms with Gasteiger partial charge in [-0.2, -0.15) is 23.1 Å². The van der Waals surface area contributed by atoms with Gasteiger partial charge in [0.1, 0.15) is 13.2 Å². The molecule has 0 saturated carbocycles. The second-order valence-corrected chi connectivity index (χ2v) is 11.8. The molecule has 0 saturated heterocycles. The Morgan fingerprint density at radius 1 is 1.04 bits per heavy atom. The molecule has 49 heavy (non-hydrogen) atoms. The number of aryl methyl sites for hydroxylation is 1. The van der Waals surface area contributed by atoms with Crippen LogP contribution in [0.5, 0.6) is 0 Å². The Bertz CT molecular complexity index is 1730. The van der Waals surface area contributed by atoms with Crippen LogP contribution in [-0.2, 0) is 44.8 Å². The highest BCUT2D eigenvalue weighted by Crippen LogP contribution is 2.33. The van der Waals surface area contributed by atoms with E-state index < -0.39 is 59.1 Å². The minimum Gasteiger partial charge on any atom is -0.464 e. The van der Waals surface area contributed by atoms with Gasteiger partial charge in [-0.15, -0.1) is 5.01 Å². The number of halogens is 3. The molecule has 0 aliphatic carbocycles. The number of hydrazine groups is 2. The lowest BCUT2D eigenvalue weighted by atomic mass is 10.1.